The van der Waals surface area contributed by atoms with E-state index in [2.05, 4.69) is 27.7 Å². The number of rotatable bonds is 5. The molecular weight excluding hydrogens is 356 g/mol. The van der Waals surface area contributed by atoms with Gasteiger partial charge in [-0.15, -0.1) is 0 Å². The summed E-state index contributed by atoms with van der Waals surface area (Å²) in [6.45, 7) is 3.37. The van der Waals surface area contributed by atoms with Gasteiger partial charge in [-0.2, -0.15) is 0 Å². The molecule has 0 radical (unpaired) electrons. The number of hydrogen-bond acceptors (Lipinski definition) is 5. The van der Waals surface area contributed by atoms with Crippen molar-refractivity contribution in [3.05, 3.63) is 41.2 Å². The summed E-state index contributed by atoms with van der Waals surface area (Å²) < 4.78 is 0. The number of carbonyl (C=O) groups excluding carboxylic acids is 2. The van der Waals surface area contributed by atoms with Crippen LogP contribution in [-0.4, -0.2) is 45.3 Å². The Kier molecular flexibility index (Phi) is 5.15. The number of benzene rings is 1. The molecule has 2 aromatic rings. The molecule has 0 saturated carbocycles. The van der Waals surface area contributed by atoms with Gasteiger partial charge in [-0.25, -0.2) is 10.4 Å². The predicted molar refractivity (Wildman–Crippen MR) is 105 cm³/mol. The van der Waals surface area contributed by atoms with Crippen LogP contribution in [-0.2, 0) is 17.8 Å². The molecule has 5 N–H and O–H groups in total. The van der Waals surface area contributed by atoms with E-state index in [1.807, 2.05) is 17.0 Å². The van der Waals surface area contributed by atoms with Gasteiger partial charge < -0.3 is 15.6 Å². The highest BCUT2D eigenvalue weighted by atomic mass is 16.2. The summed E-state index contributed by atoms with van der Waals surface area (Å²) in [7, 11) is 0. The molecule has 3 heterocycles. The summed E-state index contributed by atoms with van der Waals surface area (Å²) in [5, 5.41) is 0. The molecular formula is C20H26N6O2. The number of aromatic amines is 1. The van der Waals surface area contributed by atoms with E-state index in [-0.39, 0.29) is 11.9 Å². The zero-order valence-corrected chi connectivity index (χ0v) is 16.0. The van der Waals surface area contributed by atoms with Crippen molar-refractivity contribution in [3.63, 3.8) is 0 Å². The minimum absolute atomic E-state index is 0.138. The lowest BCUT2D eigenvalue weighted by atomic mass is 10.0. The molecule has 2 aliphatic heterocycles. The van der Waals surface area contributed by atoms with Crippen molar-refractivity contribution < 1.29 is 9.59 Å². The van der Waals surface area contributed by atoms with Gasteiger partial charge >= 0.3 is 0 Å². The second kappa shape index (κ2) is 7.73. The smallest absolute Gasteiger partial charge is 0.248 e. The molecule has 148 valence electrons. The fraction of sp³-hybridized carbons (Fsp3) is 0.450. The molecule has 2 unspecified atom stereocenters. The van der Waals surface area contributed by atoms with Gasteiger partial charge in [-0.05, 0) is 25.0 Å². The minimum atomic E-state index is -0.448. The van der Waals surface area contributed by atoms with Crippen LogP contribution in [0.25, 0.3) is 11.4 Å². The SMILES string of the molecule is CCCC1CC(C(=O)N2CCc3nc(-c4ccc(C(N)=O)cc4)[nH]c3C2)NN1. The van der Waals surface area contributed by atoms with Crippen LogP contribution >= 0.6 is 0 Å². The first-order valence-corrected chi connectivity index (χ1v) is 9.83. The summed E-state index contributed by atoms with van der Waals surface area (Å²) in [5.41, 5.74) is 15.0. The van der Waals surface area contributed by atoms with Crippen LogP contribution in [0.4, 0.5) is 0 Å². The molecule has 0 bridgehead atoms. The van der Waals surface area contributed by atoms with Crippen LogP contribution in [0.5, 0.6) is 0 Å². The zero-order valence-electron chi connectivity index (χ0n) is 16.0. The van der Waals surface area contributed by atoms with E-state index in [0.717, 1.165) is 48.5 Å². The van der Waals surface area contributed by atoms with Crippen LogP contribution < -0.4 is 16.6 Å². The number of H-pyrrole nitrogens is 1. The van der Waals surface area contributed by atoms with Gasteiger partial charge in [0.15, 0.2) is 0 Å². The number of carbonyl (C=O) groups is 2. The number of imidazole rings is 1. The third kappa shape index (κ3) is 3.65. The fourth-order valence-corrected chi connectivity index (χ4v) is 3.95. The van der Waals surface area contributed by atoms with Gasteiger partial charge in [0, 0.05) is 30.1 Å². The molecule has 1 saturated heterocycles. The van der Waals surface area contributed by atoms with Crippen LogP contribution in [0.3, 0.4) is 0 Å². The molecule has 28 heavy (non-hydrogen) atoms. The second-order valence-electron chi connectivity index (χ2n) is 7.52. The van der Waals surface area contributed by atoms with Crippen LogP contribution in [0.1, 0.15) is 47.9 Å². The average Bonchev–Trinajstić information content (AvgIpc) is 3.34. The average molecular weight is 382 g/mol. The Hall–Kier alpha value is -2.71. The first-order valence-electron chi connectivity index (χ1n) is 9.83. The zero-order chi connectivity index (χ0) is 19.7. The minimum Gasteiger partial charge on any atom is -0.366 e. The van der Waals surface area contributed by atoms with E-state index in [0.29, 0.717) is 24.7 Å². The van der Waals surface area contributed by atoms with Crippen LogP contribution in [0.2, 0.25) is 0 Å². The lowest BCUT2D eigenvalue weighted by molar-refractivity contribution is -0.134. The summed E-state index contributed by atoms with van der Waals surface area (Å²) in [4.78, 5) is 34.0. The quantitative estimate of drug-likeness (QED) is 0.618. The molecule has 8 nitrogen and oxygen atoms in total. The van der Waals surface area contributed by atoms with Crippen molar-refractivity contribution in [2.75, 3.05) is 6.54 Å². The number of nitrogens with zero attached hydrogens (tertiary/aromatic N) is 2. The predicted octanol–water partition coefficient (Wildman–Crippen LogP) is 1.10. The molecule has 1 aromatic carbocycles. The van der Waals surface area contributed by atoms with Gasteiger partial charge in [0.05, 0.1) is 17.9 Å². The Morgan fingerprint density at radius 1 is 1.25 bits per heavy atom. The van der Waals surface area contributed by atoms with Crippen molar-refractivity contribution in [3.8, 4) is 11.4 Å². The molecule has 1 aromatic heterocycles. The topological polar surface area (TPSA) is 116 Å². The summed E-state index contributed by atoms with van der Waals surface area (Å²) >= 11 is 0. The number of fused-ring (bicyclic) bond motifs is 1. The first-order chi connectivity index (χ1) is 13.5. The highest BCUT2D eigenvalue weighted by molar-refractivity contribution is 5.93. The number of hydrazine groups is 1. The normalized spacial score (nSPS) is 21.5. The lowest BCUT2D eigenvalue weighted by Gasteiger charge is -2.28. The Labute approximate surface area is 163 Å². The van der Waals surface area contributed by atoms with Gasteiger partial charge in [0.25, 0.3) is 0 Å². The number of amides is 2. The maximum Gasteiger partial charge on any atom is 0.248 e. The van der Waals surface area contributed by atoms with Crippen molar-refractivity contribution in [1.29, 1.82) is 0 Å². The van der Waals surface area contributed by atoms with Crippen molar-refractivity contribution in [2.45, 2.75) is 51.2 Å². The monoisotopic (exact) mass is 382 g/mol. The number of primary amides is 1. The molecule has 0 spiro atoms. The Balaban J connectivity index is 1.44. The van der Waals surface area contributed by atoms with E-state index >= 15 is 0 Å². The van der Waals surface area contributed by atoms with Crippen molar-refractivity contribution >= 4 is 11.8 Å². The first kappa shape index (κ1) is 18.6. The number of hydrogen-bond donors (Lipinski definition) is 4. The van der Waals surface area contributed by atoms with Gasteiger partial charge in [-0.3, -0.25) is 15.0 Å². The van der Waals surface area contributed by atoms with Crippen molar-refractivity contribution in [1.82, 2.24) is 25.7 Å². The number of nitrogens with two attached hydrogens (primary N) is 1. The standard InChI is InChI=1S/C20H26N6O2/c1-2-3-14-10-16(25-24-14)20(28)26-9-8-15-17(11-26)23-19(22-15)13-6-4-12(5-7-13)18(21)27/h4-7,14,16,24-25H,2-3,8-11H2,1H3,(H2,21,27)(H,22,23). The molecule has 8 heteroatoms. The van der Waals surface area contributed by atoms with Crippen molar-refractivity contribution in [2.24, 2.45) is 5.73 Å². The number of aromatic nitrogens is 2. The van der Waals surface area contributed by atoms with Gasteiger partial charge in [-0.1, -0.05) is 25.5 Å². The molecule has 4 rings (SSSR count). The highest BCUT2D eigenvalue weighted by Gasteiger charge is 2.33. The second-order valence-corrected chi connectivity index (χ2v) is 7.52. The third-order valence-corrected chi connectivity index (χ3v) is 5.50. The van der Waals surface area contributed by atoms with Crippen LogP contribution in [0.15, 0.2) is 24.3 Å². The molecule has 0 aliphatic carbocycles. The Morgan fingerprint density at radius 2 is 2.04 bits per heavy atom. The summed E-state index contributed by atoms with van der Waals surface area (Å²) in [5.74, 6) is 0.438. The number of nitrogens with one attached hydrogen (secondary N) is 3. The maximum atomic E-state index is 12.9. The molecule has 2 atom stereocenters. The Bertz CT molecular complexity index is 875. The highest BCUT2D eigenvalue weighted by Crippen LogP contribution is 2.24. The van der Waals surface area contributed by atoms with E-state index in [1.54, 1.807) is 12.1 Å². The van der Waals surface area contributed by atoms with Crippen LogP contribution in [0, 0.1) is 0 Å². The van der Waals surface area contributed by atoms with E-state index < -0.39 is 5.91 Å². The maximum absolute atomic E-state index is 12.9. The van der Waals surface area contributed by atoms with Gasteiger partial charge in [0.1, 0.15) is 11.9 Å². The third-order valence-electron chi connectivity index (χ3n) is 5.50. The lowest BCUT2D eigenvalue weighted by Crippen LogP contribution is -2.47. The van der Waals surface area contributed by atoms with E-state index in [9.17, 15) is 9.59 Å². The fourth-order valence-electron chi connectivity index (χ4n) is 3.95. The summed E-state index contributed by atoms with van der Waals surface area (Å²) in [6.07, 6.45) is 3.73. The van der Waals surface area contributed by atoms with Gasteiger partial charge in [0.2, 0.25) is 11.8 Å². The Morgan fingerprint density at radius 3 is 2.75 bits per heavy atom. The van der Waals surface area contributed by atoms with E-state index in [1.165, 1.54) is 0 Å². The molecule has 2 amide bonds. The molecule has 1 fully saturated rings. The molecule has 2 aliphatic rings. The summed E-state index contributed by atoms with van der Waals surface area (Å²) in [6, 6.07) is 7.24. The largest absolute Gasteiger partial charge is 0.366 e. The van der Waals surface area contributed by atoms with E-state index in [4.69, 9.17) is 5.73 Å².